The molecule has 0 unspecified atom stereocenters. The van der Waals surface area contributed by atoms with Gasteiger partial charge in [-0.2, -0.15) is 0 Å². The molecule has 0 fully saturated rings. The number of nitrogens with zero attached hydrogens (tertiary/aromatic N) is 1. The molecule has 104 valence electrons. The predicted octanol–water partition coefficient (Wildman–Crippen LogP) is 3.72. The largest absolute Gasteiger partial charge is 0.321 e. The van der Waals surface area contributed by atoms with Crippen molar-refractivity contribution >= 4 is 50.5 Å². The van der Waals surface area contributed by atoms with Crippen LogP contribution in [0.1, 0.15) is 15.9 Å². The highest BCUT2D eigenvalue weighted by atomic mass is 79.9. The zero-order valence-corrected chi connectivity index (χ0v) is 12.9. The van der Waals surface area contributed by atoms with Crippen LogP contribution in [0.2, 0.25) is 5.02 Å². The van der Waals surface area contributed by atoms with Gasteiger partial charge in [-0.3, -0.25) is 9.59 Å². The van der Waals surface area contributed by atoms with Gasteiger partial charge in [0.1, 0.15) is 4.60 Å². The Labute approximate surface area is 134 Å². The van der Waals surface area contributed by atoms with E-state index in [1.807, 2.05) is 0 Å². The molecule has 0 radical (unpaired) electrons. The Hall–Kier alpha value is -1.98. The van der Waals surface area contributed by atoms with Gasteiger partial charge >= 0.3 is 0 Å². The Kier molecular flexibility index (Phi) is 3.61. The van der Waals surface area contributed by atoms with E-state index in [1.165, 1.54) is 12.3 Å². The number of allylic oxidation sites excluding steroid dienone is 1. The fourth-order valence-electron chi connectivity index (χ4n) is 2.08. The predicted molar refractivity (Wildman–Crippen MR) is 84.3 cm³/mol. The number of halogens is 2. The zero-order valence-electron chi connectivity index (χ0n) is 10.6. The molecule has 1 amide bonds. The summed E-state index contributed by atoms with van der Waals surface area (Å²) < 4.78 is 0.638. The average Bonchev–Trinajstić information content (AvgIpc) is 2.77. The molecule has 0 saturated carbocycles. The minimum absolute atomic E-state index is 0.267. The van der Waals surface area contributed by atoms with Crippen LogP contribution < -0.4 is 5.32 Å². The third-order valence-corrected chi connectivity index (χ3v) is 3.85. The second kappa shape index (κ2) is 5.42. The fraction of sp³-hybridized carbons (Fsp3) is 0. The first-order valence-corrected chi connectivity index (χ1v) is 7.21. The molecule has 0 saturated heterocycles. The minimum Gasteiger partial charge on any atom is -0.321 e. The summed E-state index contributed by atoms with van der Waals surface area (Å²) in [7, 11) is 0. The number of anilines is 1. The first-order chi connectivity index (χ1) is 10.1. The van der Waals surface area contributed by atoms with E-state index < -0.39 is 0 Å². The molecule has 1 aromatic heterocycles. The van der Waals surface area contributed by atoms with Crippen LogP contribution in [0.3, 0.4) is 0 Å². The molecule has 0 aliphatic carbocycles. The smallest absolute Gasteiger partial charge is 0.256 e. The lowest BCUT2D eigenvalue weighted by Gasteiger charge is -2.01. The number of aromatic nitrogens is 1. The third-order valence-electron chi connectivity index (χ3n) is 3.06. The van der Waals surface area contributed by atoms with E-state index >= 15 is 0 Å². The van der Waals surface area contributed by atoms with Gasteiger partial charge < -0.3 is 5.32 Å². The van der Waals surface area contributed by atoms with Crippen molar-refractivity contribution in [3.05, 3.63) is 63.4 Å². The van der Waals surface area contributed by atoms with Crippen LogP contribution in [-0.4, -0.2) is 16.7 Å². The quantitative estimate of drug-likeness (QED) is 0.502. The van der Waals surface area contributed by atoms with Gasteiger partial charge in [0.05, 0.1) is 16.3 Å². The lowest BCUT2D eigenvalue weighted by molar-refractivity contribution is -0.110. The SMILES string of the molecule is O=C1Nc2cccc(Cl)c2C1=CC(=O)c1ccc(Br)nc1. The van der Waals surface area contributed by atoms with Crippen molar-refractivity contribution in [2.24, 2.45) is 0 Å². The molecule has 1 N–H and O–H groups in total. The van der Waals surface area contributed by atoms with Crippen molar-refractivity contribution in [1.29, 1.82) is 0 Å². The molecule has 2 heterocycles. The average molecular weight is 364 g/mol. The second-order valence-electron chi connectivity index (χ2n) is 4.41. The number of nitrogens with one attached hydrogen (secondary N) is 1. The summed E-state index contributed by atoms with van der Waals surface area (Å²) >= 11 is 9.32. The molecule has 1 aliphatic heterocycles. The third kappa shape index (κ3) is 2.62. The van der Waals surface area contributed by atoms with Gasteiger partial charge in [0, 0.05) is 17.3 Å². The molecule has 1 aliphatic rings. The van der Waals surface area contributed by atoms with E-state index in [-0.39, 0.29) is 17.3 Å². The summed E-state index contributed by atoms with van der Waals surface area (Å²) in [5.41, 5.74) is 1.84. The number of carbonyl (C=O) groups excluding carboxylic acids is 2. The molecule has 21 heavy (non-hydrogen) atoms. The van der Waals surface area contributed by atoms with Crippen molar-refractivity contribution in [2.75, 3.05) is 5.32 Å². The molecule has 0 spiro atoms. The van der Waals surface area contributed by atoms with Crippen LogP contribution in [0.4, 0.5) is 5.69 Å². The first kappa shape index (κ1) is 14.0. The normalized spacial score (nSPS) is 15.0. The molecule has 1 aromatic carbocycles. The number of benzene rings is 1. The number of carbonyl (C=O) groups is 2. The standard InChI is InChI=1S/C15H8BrClN2O2/c16-13-5-4-8(7-18-13)12(20)6-9-14-10(17)2-1-3-11(14)19-15(9)21/h1-7H,(H,19,21). The molecule has 0 atom stereocenters. The summed E-state index contributed by atoms with van der Waals surface area (Å²) in [6.45, 7) is 0. The van der Waals surface area contributed by atoms with Gasteiger partial charge in [-0.1, -0.05) is 17.7 Å². The van der Waals surface area contributed by atoms with Crippen molar-refractivity contribution < 1.29 is 9.59 Å². The second-order valence-corrected chi connectivity index (χ2v) is 5.63. The maximum absolute atomic E-state index is 12.2. The van der Waals surface area contributed by atoms with Crippen LogP contribution in [-0.2, 0) is 4.79 Å². The highest BCUT2D eigenvalue weighted by molar-refractivity contribution is 9.10. The monoisotopic (exact) mass is 362 g/mol. The molecule has 0 bridgehead atoms. The lowest BCUT2D eigenvalue weighted by atomic mass is 10.0. The van der Waals surface area contributed by atoms with E-state index in [9.17, 15) is 9.59 Å². The molecular formula is C15H8BrClN2O2. The number of amides is 1. The van der Waals surface area contributed by atoms with Gasteiger partial charge in [-0.25, -0.2) is 4.98 Å². The Balaban J connectivity index is 2.03. The number of rotatable bonds is 2. The highest BCUT2D eigenvalue weighted by Crippen LogP contribution is 2.37. The number of pyridine rings is 1. The van der Waals surface area contributed by atoms with E-state index in [2.05, 4.69) is 26.2 Å². The van der Waals surface area contributed by atoms with Crippen LogP contribution in [0.25, 0.3) is 5.57 Å². The maximum atomic E-state index is 12.2. The summed E-state index contributed by atoms with van der Waals surface area (Å²) in [4.78, 5) is 28.2. The topological polar surface area (TPSA) is 59.1 Å². The van der Waals surface area contributed by atoms with Gasteiger partial charge in [-0.05, 0) is 46.3 Å². The summed E-state index contributed by atoms with van der Waals surface area (Å²) in [5, 5.41) is 3.12. The first-order valence-electron chi connectivity index (χ1n) is 6.04. The molecular weight excluding hydrogens is 356 g/mol. The summed E-state index contributed by atoms with van der Waals surface area (Å²) in [6, 6.07) is 8.47. The van der Waals surface area contributed by atoms with Crippen molar-refractivity contribution in [3.63, 3.8) is 0 Å². The molecule has 3 rings (SSSR count). The highest BCUT2D eigenvalue weighted by Gasteiger charge is 2.27. The van der Waals surface area contributed by atoms with Gasteiger partial charge in [-0.15, -0.1) is 0 Å². The Morgan fingerprint density at radius 3 is 2.81 bits per heavy atom. The molecule has 6 heteroatoms. The zero-order chi connectivity index (χ0) is 15.0. The number of hydrogen-bond acceptors (Lipinski definition) is 3. The van der Waals surface area contributed by atoms with Gasteiger partial charge in [0.2, 0.25) is 0 Å². The minimum atomic E-state index is -0.337. The van der Waals surface area contributed by atoms with Crippen LogP contribution in [0, 0.1) is 0 Å². The van der Waals surface area contributed by atoms with Crippen molar-refractivity contribution in [1.82, 2.24) is 4.98 Å². The summed E-state index contributed by atoms with van der Waals surface area (Å²) in [6.07, 6.45) is 2.74. The van der Waals surface area contributed by atoms with Crippen LogP contribution in [0.5, 0.6) is 0 Å². The van der Waals surface area contributed by atoms with E-state index in [4.69, 9.17) is 11.6 Å². The van der Waals surface area contributed by atoms with Crippen LogP contribution >= 0.6 is 27.5 Å². The maximum Gasteiger partial charge on any atom is 0.256 e. The number of ketones is 1. The van der Waals surface area contributed by atoms with Gasteiger partial charge in [0.25, 0.3) is 5.91 Å². The Bertz CT molecular complexity index is 785. The fourth-order valence-corrected chi connectivity index (χ4v) is 2.59. The molecule has 4 nitrogen and oxygen atoms in total. The van der Waals surface area contributed by atoms with Crippen molar-refractivity contribution in [2.45, 2.75) is 0 Å². The van der Waals surface area contributed by atoms with E-state index in [0.29, 0.717) is 26.4 Å². The number of hydrogen-bond donors (Lipinski definition) is 1. The molecule has 2 aromatic rings. The van der Waals surface area contributed by atoms with E-state index in [0.717, 1.165) is 0 Å². The van der Waals surface area contributed by atoms with E-state index in [1.54, 1.807) is 30.3 Å². The Morgan fingerprint density at radius 2 is 2.10 bits per heavy atom. The lowest BCUT2D eigenvalue weighted by Crippen LogP contribution is -2.06. The summed E-state index contributed by atoms with van der Waals surface area (Å²) in [5.74, 6) is -0.635. The van der Waals surface area contributed by atoms with Crippen LogP contribution in [0.15, 0.2) is 47.2 Å². The van der Waals surface area contributed by atoms with Gasteiger partial charge in [0.15, 0.2) is 5.78 Å². The van der Waals surface area contributed by atoms with Crippen molar-refractivity contribution in [3.8, 4) is 0 Å². The number of fused-ring (bicyclic) bond motifs is 1. The Morgan fingerprint density at radius 1 is 1.29 bits per heavy atom.